The second-order valence-electron chi connectivity index (χ2n) is 8.19. The number of alkyl halides is 3. The van der Waals surface area contributed by atoms with E-state index in [4.69, 9.17) is 16.3 Å². The van der Waals surface area contributed by atoms with Crippen molar-refractivity contribution in [1.29, 1.82) is 0 Å². The van der Waals surface area contributed by atoms with Crippen LogP contribution in [0.1, 0.15) is 31.6 Å². The van der Waals surface area contributed by atoms with E-state index in [9.17, 15) is 27.9 Å². The lowest BCUT2D eigenvalue weighted by molar-refractivity contribution is -0.207. The fraction of sp³-hybridized carbons (Fsp3) is 0.304. The Morgan fingerprint density at radius 1 is 1.13 bits per heavy atom. The van der Waals surface area contributed by atoms with Crippen LogP contribution in [0.15, 0.2) is 53.6 Å². The molecule has 0 fully saturated rings. The fourth-order valence-corrected chi connectivity index (χ4v) is 3.73. The number of esters is 1. The second-order valence-corrected chi connectivity index (χ2v) is 8.63. The smallest absolute Gasteiger partial charge is 0.416 e. The normalized spacial score (nSPS) is 13.3. The molecule has 0 saturated carbocycles. The van der Waals surface area contributed by atoms with Gasteiger partial charge in [0.2, 0.25) is 0 Å². The molecule has 3 aromatic heterocycles. The third-order valence-electron chi connectivity index (χ3n) is 5.34. The summed E-state index contributed by atoms with van der Waals surface area (Å²) in [6.07, 6.45) is -5.53. The molecule has 1 unspecified atom stereocenters. The molecule has 3 heterocycles. The van der Waals surface area contributed by atoms with Crippen LogP contribution in [0.5, 0.6) is 0 Å². The van der Waals surface area contributed by atoms with Gasteiger partial charge in [0.15, 0.2) is 29.7 Å². The molecule has 1 N–H and O–H groups in total. The highest BCUT2D eigenvalue weighted by molar-refractivity contribution is 6.30. The lowest BCUT2D eigenvalue weighted by Gasteiger charge is -2.15. The Labute approximate surface area is 218 Å². The van der Waals surface area contributed by atoms with E-state index in [2.05, 4.69) is 20.2 Å². The Kier molecular flexibility index (Phi) is 7.64. The summed E-state index contributed by atoms with van der Waals surface area (Å²) in [5, 5.41) is 18.6. The van der Waals surface area contributed by atoms with Gasteiger partial charge in [-0.1, -0.05) is 11.6 Å². The number of ether oxygens (including phenoxy) is 1. The van der Waals surface area contributed by atoms with Crippen LogP contribution in [0.3, 0.4) is 0 Å². The summed E-state index contributed by atoms with van der Waals surface area (Å²) < 4.78 is 47.6. The van der Waals surface area contributed by atoms with Crippen molar-refractivity contribution >= 4 is 17.6 Å². The monoisotopic (exact) mass is 551 g/mol. The van der Waals surface area contributed by atoms with Crippen LogP contribution >= 0.6 is 11.6 Å². The van der Waals surface area contributed by atoms with Crippen LogP contribution in [0.25, 0.3) is 17.1 Å². The number of halogens is 4. The zero-order chi connectivity index (χ0) is 27.6. The first-order valence-corrected chi connectivity index (χ1v) is 11.5. The van der Waals surface area contributed by atoms with E-state index in [0.29, 0.717) is 16.3 Å². The van der Waals surface area contributed by atoms with E-state index in [1.54, 1.807) is 19.1 Å². The number of aliphatic hydroxyl groups excluding tert-OH is 1. The van der Waals surface area contributed by atoms with Crippen LogP contribution in [0.4, 0.5) is 13.2 Å². The van der Waals surface area contributed by atoms with Gasteiger partial charge in [-0.2, -0.15) is 13.2 Å². The van der Waals surface area contributed by atoms with Crippen molar-refractivity contribution in [1.82, 2.24) is 34.1 Å². The lowest BCUT2D eigenvalue weighted by atomic mass is 10.2. The standard InChI is InChI=1S/C23H21ClF3N7O4/c1-13(38-14(2)35)20-29-19(30-34(20)17-7-9-28-10-8-17)12-33-22(37)32(11-18(36)23(25,26)27)21(31-33)15-3-5-16(24)6-4-15/h3-10,13,18,36H,11-12H2,1-2H3/t13?,18-/m0/s1. The van der Waals surface area contributed by atoms with Crippen LogP contribution in [-0.4, -0.2) is 57.5 Å². The Hall–Kier alpha value is -4.04. The van der Waals surface area contributed by atoms with Crippen molar-refractivity contribution in [3.8, 4) is 17.1 Å². The van der Waals surface area contributed by atoms with Crippen molar-refractivity contribution in [2.45, 2.75) is 45.3 Å². The van der Waals surface area contributed by atoms with E-state index in [1.807, 2.05) is 0 Å². The molecule has 0 amide bonds. The van der Waals surface area contributed by atoms with Crippen molar-refractivity contribution in [3.63, 3.8) is 0 Å². The van der Waals surface area contributed by atoms with Crippen LogP contribution in [0.2, 0.25) is 5.02 Å². The van der Waals surface area contributed by atoms with Gasteiger partial charge in [0, 0.05) is 29.9 Å². The van der Waals surface area contributed by atoms with Crippen LogP contribution < -0.4 is 5.69 Å². The first-order valence-electron chi connectivity index (χ1n) is 11.2. The molecule has 38 heavy (non-hydrogen) atoms. The molecule has 0 aliphatic carbocycles. The molecule has 0 radical (unpaired) electrons. The van der Waals surface area contributed by atoms with Crippen molar-refractivity contribution < 1.29 is 27.8 Å². The molecule has 2 atom stereocenters. The Bertz CT molecular complexity index is 1480. The Morgan fingerprint density at radius 3 is 2.39 bits per heavy atom. The van der Waals surface area contributed by atoms with E-state index in [1.165, 1.54) is 48.3 Å². The van der Waals surface area contributed by atoms with Crippen molar-refractivity contribution in [3.05, 3.63) is 75.9 Å². The molecule has 0 saturated heterocycles. The first-order chi connectivity index (χ1) is 17.9. The highest BCUT2D eigenvalue weighted by Crippen LogP contribution is 2.24. The SMILES string of the molecule is CC(=O)OC(C)c1nc(Cn2nc(-c3ccc(Cl)cc3)n(C[C@H](O)C(F)(F)F)c2=O)nn1-c1ccncc1. The summed E-state index contributed by atoms with van der Waals surface area (Å²) in [5.41, 5.74) is -0.0760. The van der Waals surface area contributed by atoms with Crippen LogP contribution in [0, 0.1) is 0 Å². The molecule has 11 nitrogen and oxygen atoms in total. The highest BCUT2D eigenvalue weighted by atomic mass is 35.5. The Balaban J connectivity index is 1.77. The van der Waals surface area contributed by atoms with Gasteiger partial charge in [0.1, 0.15) is 6.54 Å². The Morgan fingerprint density at radius 2 is 1.79 bits per heavy atom. The van der Waals surface area contributed by atoms with Crippen LogP contribution in [-0.2, 0) is 22.6 Å². The number of benzene rings is 1. The summed E-state index contributed by atoms with van der Waals surface area (Å²) in [4.78, 5) is 33.0. The second kappa shape index (κ2) is 10.8. The maximum Gasteiger partial charge on any atom is 0.416 e. The molecule has 4 aromatic rings. The van der Waals surface area contributed by atoms with E-state index in [0.717, 1.165) is 9.25 Å². The predicted octanol–water partition coefficient (Wildman–Crippen LogP) is 2.94. The molecular formula is C23H21ClF3N7O4. The summed E-state index contributed by atoms with van der Waals surface area (Å²) >= 11 is 5.91. The van der Waals surface area contributed by atoms with Gasteiger partial charge in [-0.25, -0.2) is 19.1 Å². The maximum absolute atomic E-state index is 13.2. The van der Waals surface area contributed by atoms with E-state index >= 15 is 0 Å². The number of aromatic nitrogens is 7. The number of nitrogens with zero attached hydrogens (tertiary/aromatic N) is 7. The lowest BCUT2D eigenvalue weighted by Crippen LogP contribution is -2.37. The molecule has 0 spiro atoms. The van der Waals surface area contributed by atoms with Crippen molar-refractivity contribution in [2.24, 2.45) is 0 Å². The number of aliphatic hydroxyl groups is 1. The zero-order valence-electron chi connectivity index (χ0n) is 20.0. The number of carbonyl (C=O) groups is 1. The number of rotatable bonds is 8. The predicted molar refractivity (Wildman–Crippen MR) is 127 cm³/mol. The van der Waals surface area contributed by atoms with Gasteiger partial charge in [-0.05, 0) is 43.3 Å². The number of carbonyl (C=O) groups excluding carboxylic acids is 1. The summed E-state index contributed by atoms with van der Waals surface area (Å²) in [5.74, 6) is -0.355. The van der Waals surface area contributed by atoms with Gasteiger partial charge < -0.3 is 9.84 Å². The van der Waals surface area contributed by atoms with E-state index < -0.39 is 36.6 Å². The minimum absolute atomic E-state index is 0.0709. The summed E-state index contributed by atoms with van der Waals surface area (Å²) in [6, 6.07) is 9.23. The van der Waals surface area contributed by atoms with E-state index in [-0.39, 0.29) is 24.0 Å². The fourth-order valence-electron chi connectivity index (χ4n) is 3.61. The molecule has 1 aromatic carbocycles. The van der Waals surface area contributed by atoms with Crippen molar-refractivity contribution in [2.75, 3.05) is 0 Å². The van der Waals surface area contributed by atoms with Gasteiger partial charge in [-0.3, -0.25) is 14.3 Å². The molecule has 0 aliphatic rings. The minimum Gasteiger partial charge on any atom is -0.455 e. The number of hydrogen-bond acceptors (Lipinski definition) is 8. The van der Waals surface area contributed by atoms with Gasteiger partial charge in [-0.15, -0.1) is 10.2 Å². The van der Waals surface area contributed by atoms with Gasteiger partial charge >= 0.3 is 17.8 Å². The number of pyridine rings is 1. The first kappa shape index (κ1) is 27.0. The molecule has 0 bridgehead atoms. The third kappa shape index (κ3) is 5.92. The molecule has 0 aliphatic heterocycles. The van der Waals surface area contributed by atoms with Gasteiger partial charge in [0.25, 0.3) is 0 Å². The highest BCUT2D eigenvalue weighted by Gasteiger charge is 2.39. The third-order valence-corrected chi connectivity index (χ3v) is 5.59. The largest absolute Gasteiger partial charge is 0.455 e. The molecule has 4 rings (SSSR count). The summed E-state index contributed by atoms with van der Waals surface area (Å²) in [7, 11) is 0. The average Bonchev–Trinajstić information content (AvgIpc) is 3.41. The van der Waals surface area contributed by atoms with Gasteiger partial charge in [0.05, 0.1) is 12.2 Å². The molecule has 200 valence electrons. The zero-order valence-corrected chi connectivity index (χ0v) is 20.8. The number of hydrogen-bond donors (Lipinski definition) is 1. The topological polar surface area (TPSA) is 130 Å². The quantitative estimate of drug-likeness (QED) is 0.331. The molecular weight excluding hydrogens is 531 g/mol. The minimum atomic E-state index is -4.95. The summed E-state index contributed by atoms with van der Waals surface area (Å²) in [6.45, 7) is 1.43. The average molecular weight is 552 g/mol. The maximum atomic E-state index is 13.2. The molecule has 15 heteroatoms.